The van der Waals surface area contributed by atoms with Crippen molar-refractivity contribution in [1.29, 1.82) is 0 Å². The average molecular weight is 298 g/mol. The van der Waals surface area contributed by atoms with E-state index in [1.54, 1.807) is 0 Å². The monoisotopic (exact) mass is 298 g/mol. The molecule has 1 amide bonds. The molecule has 1 aliphatic heterocycles. The van der Waals surface area contributed by atoms with Crippen molar-refractivity contribution in [3.63, 3.8) is 0 Å². The van der Waals surface area contributed by atoms with Gasteiger partial charge in [-0.25, -0.2) is 0 Å². The van der Waals surface area contributed by atoms with Gasteiger partial charge in [-0.3, -0.25) is 14.5 Å². The number of aliphatic carboxylic acids is 1. The van der Waals surface area contributed by atoms with Gasteiger partial charge in [-0.05, 0) is 32.6 Å². The lowest BCUT2D eigenvalue weighted by atomic mass is 9.76. The van der Waals surface area contributed by atoms with Crippen LogP contribution in [0.15, 0.2) is 0 Å². The zero-order valence-electron chi connectivity index (χ0n) is 13.7. The third-order valence-corrected chi connectivity index (χ3v) is 4.89. The largest absolute Gasteiger partial charge is 0.481 e. The third kappa shape index (κ3) is 4.70. The Morgan fingerprint density at radius 1 is 1.24 bits per heavy atom. The van der Waals surface area contributed by atoms with Gasteiger partial charge in [-0.1, -0.05) is 26.7 Å². The van der Waals surface area contributed by atoms with E-state index < -0.39 is 11.4 Å². The number of carboxylic acid groups (broad SMARTS) is 1. The molecule has 0 aromatic rings. The summed E-state index contributed by atoms with van der Waals surface area (Å²) in [6, 6.07) is -0.171. The van der Waals surface area contributed by atoms with Crippen LogP contribution in [0.25, 0.3) is 0 Å². The molecule has 0 aromatic heterocycles. The van der Waals surface area contributed by atoms with Crippen molar-refractivity contribution in [1.82, 2.24) is 10.2 Å². The number of unbranched alkanes of at least 4 members (excludes halogenated alkanes) is 2. The number of carboxylic acids is 1. The number of hydrogen-bond acceptors (Lipinski definition) is 3. The molecule has 0 saturated carbocycles. The van der Waals surface area contributed by atoms with E-state index in [1.165, 1.54) is 0 Å². The Bertz CT molecular complexity index is 349. The van der Waals surface area contributed by atoms with Gasteiger partial charge in [-0.15, -0.1) is 0 Å². The molecular weight excluding hydrogens is 268 g/mol. The van der Waals surface area contributed by atoms with Gasteiger partial charge in [0.1, 0.15) is 0 Å². The minimum absolute atomic E-state index is 0.0606. The summed E-state index contributed by atoms with van der Waals surface area (Å²) >= 11 is 0. The molecule has 0 aliphatic carbocycles. The van der Waals surface area contributed by atoms with Gasteiger partial charge >= 0.3 is 5.97 Å². The second-order valence-corrected chi connectivity index (χ2v) is 6.15. The molecule has 1 heterocycles. The fourth-order valence-corrected chi connectivity index (χ4v) is 2.96. The van der Waals surface area contributed by atoms with Crippen molar-refractivity contribution >= 4 is 11.9 Å². The summed E-state index contributed by atoms with van der Waals surface area (Å²) in [6.45, 7) is 8.09. The number of piperidine rings is 1. The highest BCUT2D eigenvalue weighted by molar-refractivity contribution is 5.81. The molecule has 5 nitrogen and oxygen atoms in total. The van der Waals surface area contributed by atoms with Gasteiger partial charge in [0.25, 0.3) is 0 Å². The minimum Gasteiger partial charge on any atom is -0.481 e. The highest BCUT2D eigenvalue weighted by atomic mass is 16.4. The summed E-state index contributed by atoms with van der Waals surface area (Å²) in [7, 11) is 0. The molecule has 1 fully saturated rings. The van der Waals surface area contributed by atoms with Gasteiger partial charge < -0.3 is 10.4 Å². The number of carbonyl (C=O) groups is 2. The molecule has 1 aliphatic rings. The molecule has 122 valence electrons. The maximum absolute atomic E-state index is 12.1. The van der Waals surface area contributed by atoms with Crippen LogP contribution in [0.2, 0.25) is 0 Å². The first-order valence-corrected chi connectivity index (χ1v) is 8.22. The maximum Gasteiger partial charge on any atom is 0.309 e. The van der Waals surface area contributed by atoms with Gasteiger partial charge in [0, 0.05) is 19.6 Å². The van der Waals surface area contributed by atoms with Crippen LogP contribution >= 0.6 is 0 Å². The smallest absolute Gasteiger partial charge is 0.309 e. The predicted molar refractivity (Wildman–Crippen MR) is 83.2 cm³/mol. The first kappa shape index (κ1) is 18.0. The molecule has 1 atom stereocenters. The second-order valence-electron chi connectivity index (χ2n) is 6.15. The topological polar surface area (TPSA) is 69.6 Å². The highest BCUT2D eigenvalue weighted by Gasteiger charge is 2.41. The Kier molecular flexibility index (Phi) is 7.15. The van der Waals surface area contributed by atoms with E-state index in [0.717, 1.165) is 25.8 Å². The Morgan fingerprint density at radius 3 is 2.33 bits per heavy atom. The summed E-state index contributed by atoms with van der Waals surface area (Å²) in [5.74, 6) is -0.633. The third-order valence-electron chi connectivity index (χ3n) is 4.89. The molecule has 0 spiro atoms. The molecule has 1 unspecified atom stereocenters. The van der Waals surface area contributed by atoms with Crippen molar-refractivity contribution in [3.8, 4) is 0 Å². The lowest BCUT2D eigenvalue weighted by Gasteiger charge is -2.40. The first-order chi connectivity index (χ1) is 9.96. The van der Waals surface area contributed by atoms with Crippen molar-refractivity contribution in [2.45, 2.75) is 65.3 Å². The van der Waals surface area contributed by atoms with E-state index in [1.807, 2.05) is 13.8 Å². The van der Waals surface area contributed by atoms with Crippen molar-refractivity contribution < 1.29 is 14.7 Å². The lowest BCUT2D eigenvalue weighted by Crippen LogP contribution is -2.51. The Morgan fingerprint density at radius 2 is 1.86 bits per heavy atom. The summed E-state index contributed by atoms with van der Waals surface area (Å²) in [4.78, 5) is 25.6. The highest BCUT2D eigenvalue weighted by Crippen LogP contribution is 2.35. The van der Waals surface area contributed by atoms with Crippen LogP contribution in [0.5, 0.6) is 0 Å². The summed E-state index contributed by atoms with van der Waals surface area (Å²) in [5.41, 5.74) is -0.589. The standard InChI is InChI=1S/C16H30N2O3/c1-4-6-7-10-17-14(19)13(3)18-11-8-16(5-2,9-12-18)15(20)21/h13H,4-12H2,1-3H3,(H,17,19)(H,20,21). The van der Waals surface area contributed by atoms with E-state index in [9.17, 15) is 14.7 Å². The quantitative estimate of drug-likeness (QED) is 0.674. The van der Waals surface area contributed by atoms with Crippen LogP contribution in [0.4, 0.5) is 0 Å². The van der Waals surface area contributed by atoms with Crippen LogP contribution in [0.1, 0.15) is 59.3 Å². The van der Waals surface area contributed by atoms with Crippen LogP contribution in [0.3, 0.4) is 0 Å². The van der Waals surface area contributed by atoms with Gasteiger partial charge in [0.15, 0.2) is 0 Å². The molecule has 0 bridgehead atoms. The van der Waals surface area contributed by atoms with Crippen molar-refractivity contribution in [2.24, 2.45) is 5.41 Å². The zero-order chi connectivity index (χ0) is 15.9. The van der Waals surface area contributed by atoms with Gasteiger partial charge in [-0.2, -0.15) is 0 Å². The predicted octanol–water partition coefficient (Wildman–Crippen LogP) is 2.26. The van der Waals surface area contributed by atoms with Crippen LogP contribution in [0, 0.1) is 5.41 Å². The SMILES string of the molecule is CCCCCNC(=O)C(C)N1CCC(CC)(C(=O)O)CC1. The van der Waals surface area contributed by atoms with Crippen LogP contribution in [-0.4, -0.2) is 47.6 Å². The first-order valence-electron chi connectivity index (χ1n) is 8.22. The Labute approximate surface area is 128 Å². The van der Waals surface area contributed by atoms with E-state index >= 15 is 0 Å². The molecule has 1 rings (SSSR count). The number of amides is 1. The summed E-state index contributed by atoms with van der Waals surface area (Å²) in [6.07, 6.45) is 5.22. The van der Waals surface area contributed by atoms with E-state index in [-0.39, 0.29) is 11.9 Å². The molecule has 5 heteroatoms. The Balaban J connectivity index is 2.42. The van der Waals surface area contributed by atoms with Gasteiger partial charge in [0.2, 0.25) is 5.91 Å². The molecule has 21 heavy (non-hydrogen) atoms. The lowest BCUT2D eigenvalue weighted by molar-refractivity contribution is -0.152. The summed E-state index contributed by atoms with van der Waals surface area (Å²) < 4.78 is 0. The number of rotatable bonds is 8. The molecule has 1 saturated heterocycles. The van der Waals surface area contributed by atoms with E-state index in [2.05, 4.69) is 17.1 Å². The number of likely N-dealkylation sites (tertiary alicyclic amines) is 1. The fourth-order valence-electron chi connectivity index (χ4n) is 2.96. The molecular formula is C16H30N2O3. The van der Waals surface area contributed by atoms with Crippen molar-refractivity contribution in [3.05, 3.63) is 0 Å². The van der Waals surface area contributed by atoms with Crippen LogP contribution in [-0.2, 0) is 9.59 Å². The molecule has 0 aromatic carbocycles. The molecule has 2 N–H and O–H groups in total. The second kappa shape index (κ2) is 8.37. The zero-order valence-corrected chi connectivity index (χ0v) is 13.7. The average Bonchev–Trinajstić information content (AvgIpc) is 2.50. The number of nitrogens with zero attached hydrogens (tertiary/aromatic N) is 1. The maximum atomic E-state index is 12.1. The normalized spacial score (nSPS) is 20.0. The molecule has 0 radical (unpaired) electrons. The Hall–Kier alpha value is -1.10. The van der Waals surface area contributed by atoms with Crippen molar-refractivity contribution in [2.75, 3.05) is 19.6 Å². The minimum atomic E-state index is -0.693. The van der Waals surface area contributed by atoms with Crippen LogP contribution < -0.4 is 5.32 Å². The summed E-state index contributed by atoms with van der Waals surface area (Å²) in [5, 5.41) is 12.4. The number of nitrogens with one attached hydrogen (secondary N) is 1. The number of carbonyl (C=O) groups excluding carboxylic acids is 1. The number of hydrogen-bond donors (Lipinski definition) is 2. The van der Waals surface area contributed by atoms with E-state index in [4.69, 9.17) is 0 Å². The fraction of sp³-hybridized carbons (Fsp3) is 0.875. The van der Waals surface area contributed by atoms with Gasteiger partial charge in [0.05, 0.1) is 11.5 Å². The van der Waals surface area contributed by atoms with E-state index in [0.29, 0.717) is 32.4 Å².